The lowest BCUT2D eigenvalue weighted by Crippen LogP contribution is -2.32. The predicted octanol–water partition coefficient (Wildman–Crippen LogP) is 2.68. The van der Waals surface area contributed by atoms with Crippen LogP contribution in [0.25, 0.3) is 5.69 Å². The molecule has 1 fully saturated rings. The van der Waals surface area contributed by atoms with Gasteiger partial charge < -0.3 is 4.90 Å². The van der Waals surface area contributed by atoms with Crippen LogP contribution in [0.15, 0.2) is 30.7 Å². The van der Waals surface area contributed by atoms with Crippen LogP contribution in [0.1, 0.15) is 33.1 Å². The minimum absolute atomic E-state index is 0.0891. The van der Waals surface area contributed by atoms with Gasteiger partial charge in [0.2, 0.25) is 18.3 Å². The van der Waals surface area contributed by atoms with Crippen LogP contribution in [-0.4, -0.2) is 48.8 Å². The number of amides is 1. The molecule has 3 rings (SSSR count). The average Bonchev–Trinajstić information content (AvgIpc) is 3.07. The number of aromatic nitrogens is 3. The van der Waals surface area contributed by atoms with Crippen LogP contribution in [0.2, 0.25) is 5.15 Å². The Balaban J connectivity index is 1.68. The minimum atomic E-state index is -1.24. The van der Waals surface area contributed by atoms with E-state index >= 15 is 0 Å². The van der Waals surface area contributed by atoms with Crippen molar-refractivity contribution in [1.82, 2.24) is 9.78 Å². The summed E-state index contributed by atoms with van der Waals surface area (Å²) >= 11 is 6.28. The molecule has 0 saturated heterocycles. The number of anilines is 1. The largest absolute Gasteiger partial charge is 0.308 e. The van der Waals surface area contributed by atoms with Crippen LogP contribution in [0.4, 0.5) is 10.1 Å². The topological polar surface area (TPSA) is 79.3 Å². The molecular weight excluding hydrogens is 419 g/mol. The maximum absolute atomic E-state index is 13.6. The number of carbonyl (C=O) groups excluding carboxylic acids is 1. The summed E-state index contributed by atoms with van der Waals surface area (Å²) in [5.74, 6) is 0.117. The van der Waals surface area contributed by atoms with Crippen molar-refractivity contribution in [1.29, 1.82) is 0 Å². The Hall–Kier alpha value is -2.00. The lowest BCUT2D eigenvalue weighted by molar-refractivity contribution is -0.904. The molecule has 1 amide bonds. The Morgan fingerprint density at radius 3 is 2.93 bits per heavy atom. The standard InChI is InChI=1S/C19H25ClFN4O3S/c1-3-7-24(17(26)6-9-29(28)13-14-10-19(14,2)21)16-12-25(22-18(16)20)15-5-4-8-23(27)11-15/h4-5,8,11-12,14,27H,3,6-7,9-10,13H2,1-2H3/q+1. The van der Waals surface area contributed by atoms with Crippen LogP contribution in [0.5, 0.6) is 0 Å². The van der Waals surface area contributed by atoms with Crippen LogP contribution < -0.4 is 9.63 Å². The van der Waals surface area contributed by atoms with Gasteiger partial charge in [-0.15, -0.1) is 0 Å². The Kier molecular flexibility index (Phi) is 6.58. The molecule has 3 unspecified atom stereocenters. The van der Waals surface area contributed by atoms with Crippen molar-refractivity contribution in [3.8, 4) is 5.69 Å². The van der Waals surface area contributed by atoms with E-state index in [-0.39, 0.29) is 29.2 Å². The molecule has 1 saturated carbocycles. The van der Waals surface area contributed by atoms with Crippen molar-refractivity contribution in [2.75, 3.05) is 23.0 Å². The van der Waals surface area contributed by atoms with Crippen LogP contribution >= 0.6 is 11.6 Å². The lowest BCUT2D eigenvalue weighted by Gasteiger charge is -2.20. The SMILES string of the molecule is CCCN(C(=O)CCS(=O)CC1CC1(C)F)c1cn(-c2ccc[n+](O)c2)nc1Cl. The van der Waals surface area contributed by atoms with Crippen molar-refractivity contribution in [2.24, 2.45) is 5.92 Å². The lowest BCUT2D eigenvalue weighted by atomic mass is 10.3. The average molecular weight is 444 g/mol. The van der Waals surface area contributed by atoms with E-state index < -0.39 is 16.5 Å². The maximum Gasteiger partial charge on any atom is 0.247 e. The second kappa shape index (κ2) is 8.79. The third kappa shape index (κ3) is 5.33. The Morgan fingerprint density at radius 2 is 2.31 bits per heavy atom. The zero-order valence-electron chi connectivity index (χ0n) is 16.4. The number of carbonyl (C=O) groups is 1. The summed E-state index contributed by atoms with van der Waals surface area (Å²) < 4.78 is 28.2. The van der Waals surface area contributed by atoms with E-state index in [4.69, 9.17) is 11.6 Å². The molecule has 158 valence electrons. The van der Waals surface area contributed by atoms with Crippen molar-refractivity contribution < 1.29 is 23.3 Å². The van der Waals surface area contributed by atoms with Gasteiger partial charge >= 0.3 is 0 Å². The maximum atomic E-state index is 13.6. The van der Waals surface area contributed by atoms with Crippen LogP contribution in [-0.2, 0) is 15.6 Å². The molecule has 0 spiro atoms. The van der Waals surface area contributed by atoms with E-state index in [1.165, 1.54) is 28.9 Å². The summed E-state index contributed by atoms with van der Waals surface area (Å²) in [5.41, 5.74) is -0.178. The molecular formula is C19H25ClFN4O3S+. The third-order valence-corrected chi connectivity index (χ3v) is 6.70. The molecule has 3 atom stereocenters. The zero-order valence-corrected chi connectivity index (χ0v) is 18.0. The summed E-state index contributed by atoms with van der Waals surface area (Å²) in [7, 11) is -1.24. The van der Waals surface area contributed by atoms with Gasteiger partial charge in [-0.2, -0.15) is 5.10 Å². The monoisotopic (exact) mass is 443 g/mol. The smallest absolute Gasteiger partial charge is 0.247 e. The zero-order chi connectivity index (χ0) is 21.2. The molecule has 0 aliphatic heterocycles. The van der Waals surface area contributed by atoms with E-state index in [9.17, 15) is 18.6 Å². The number of pyridine rings is 1. The molecule has 29 heavy (non-hydrogen) atoms. The van der Waals surface area contributed by atoms with Gasteiger partial charge in [-0.25, -0.2) is 9.07 Å². The van der Waals surface area contributed by atoms with Gasteiger partial charge in [-0.1, -0.05) is 18.5 Å². The molecule has 0 radical (unpaired) electrons. The molecule has 2 aromatic rings. The first kappa shape index (κ1) is 21.7. The number of hydrogen-bond donors (Lipinski definition) is 1. The summed E-state index contributed by atoms with van der Waals surface area (Å²) in [6.07, 6.45) is 5.79. The van der Waals surface area contributed by atoms with Crippen molar-refractivity contribution in [3.05, 3.63) is 35.9 Å². The molecule has 10 heteroatoms. The summed E-state index contributed by atoms with van der Waals surface area (Å²) in [6.45, 7) is 3.91. The quantitative estimate of drug-likeness (QED) is 0.477. The molecule has 1 aliphatic carbocycles. The minimum Gasteiger partial charge on any atom is -0.308 e. The third-order valence-electron chi connectivity index (χ3n) is 4.99. The number of rotatable bonds is 9. The van der Waals surface area contributed by atoms with Gasteiger partial charge in [-0.3, -0.25) is 14.2 Å². The summed E-state index contributed by atoms with van der Waals surface area (Å²) in [6, 6.07) is 3.39. The van der Waals surface area contributed by atoms with Crippen molar-refractivity contribution >= 4 is 34.0 Å². The van der Waals surface area contributed by atoms with E-state index in [0.29, 0.717) is 36.5 Å². The second-order valence-electron chi connectivity index (χ2n) is 7.48. The first-order chi connectivity index (χ1) is 13.7. The van der Waals surface area contributed by atoms with Crippen molar-refractivity contribution in [2.45, 2.75) is 38.8 Å². The Morgan fingerprint density at radius 1 is 1.59 bits per heavy atom. The summed E-state index contributed by atoms with van der Waals surface area (Å²) in [5, 5.41) is 14.0. The van der Waals surface area contributed by atoms with E-state index in [2.05, 4.69) is 5.10 Å². The van der Waals surface area contributed by atoms with E-state index in [1.54, 1.807) is 18.3 Å². The van der Waals surface area contributed by atoms with Gasteiger partial charge in [-0.05, 0) is 25.8 Å². The number of alkyl halides is 1. The van der Waals surface area contributed by atoms with Gasteiger partial charge in [0.15, 0.2) is 5.15 Å². The Bertz CT molecular complexity index is 921. The molecule has 0 bridgehead atoms. The highest BCUT2D eigenvalue weighted by atomic mass is 35.5. The number of hydrogen-bond acceptors (Lipinski definition) is 4. The normalized spacial score (nSPS) is 21.7. The highest BCUT2D eigenvalue weighted by molar-refractivity contribution is 7.85. The van der Waals surface area contributed by atoms with Gasteiger partial charge in [0.05, 0.1) is 6.20 Å². The first-order valence-corrected chi connectivity index (χ1v) is 11.4. The van der Waals surface area contributed by atoms with Crippen LogP contribution in [0, 0.1) is 5.92 Å². The highest BCUT2D eigenvalue weighted by Crippen LogP contribution is 2.47. The number of nitrogens with zero attached hydrogens (tertiary/aromatic N) is 4. The van der Waals surface area contributed by atoms with Gasteiger partial charge in [0.1, 0.15) is 17.0 Å². The second-order valence-corrected chi connectivity index (χ2v) is 9.46. The van der Waals surface area contributed by atoms with Gasteiger partial charge in [0, 0.05) is 52.0 Å². The van der Waals surface area contributed by atoms with E-state index in [1.807, 2.05) is 6.92 Å². The Labute approximate surface area is 176 Å². The molecule has 2 aromatic heterocycles. The first-order valence-electron chi connectivity index (χ1n) is 9.51. The van der Waals surface area contributed by atoms with E-state index in [0.717, 1.165) is 4.73 Å². The molecule has 1 N–H and O–H groups in total. The fraction of sp³-hybridized carbons (Fsp3) is 0.526. The number of halogens is 2. The van der Waals surface area contributed by atoms with Crippen molar-refractivity contribution in [3.63, 3.8) is 0 Å². The fourth-order valence-corrected chi connectivity index (χ4v) is 4.86. The summed E-state index contributed by atoms with van der Waals surface area (Å²) in [4.78, 5) is 14.3. The van der Waals surface area contributed by atoms with Crippen LogP contribution in [0.3, 0.4) is 0 Å². The van der Waals surface area contributed by atoms with Gasteiger partial charge in [0.25, 0.3) is 0 Å². The fourth-order valence-electron chi connectivity index (χ4n) is 3.15. The molecule has 1 aliphatic rings. The predicted molar refractivity (Wildman–Crippen MR) is 109 cm³/mol. The molecule has 2 heterocycles. The highest BCUT2D eigenvalue weighted by Gasteiger charge is 2.51. The molecule has 0 aromatic carbocycles. The molecule has 7 nitrogen and oxygen atoms in total.